The van der Waals surface area contributed by atoms with E-state index in [1.54, 1.807) is 42.5 Å². The zero-order valence-electron chi connectivity index (χ0n) is 27.8. The number of rotatable bonds is 11. The number of hydrogen-bond donors (Lipinski definition) is 4. The number of nitrogens with one attached hydrogen (secondary N) is 2. The average molecular weight is 755 g/mol. The quantitative estimate of drug-likeness (QED) is 0.124. The lowest BCUT2D eigenvalue weighted by molar-refractivity contribution is -0.138. The van der Waals surface area contributed by atoms with E-state index >= 15 is 0 Å². The summed E-state index contributed by atoms with van der Waals surface area (Å²) in [7, 11) is -6.63. The summed E-state index contributed by atoms with van der Waals surface area (Å²) in [5, 5.41) is 18.5. The van der Waals surface area contributed by atoms with Crippen LogP contribution in [0.25, 0.3) is 21.8 Å². The number of ether oxygens (including phenoxy) is 1. The number of aliphatic carboxylic acids is 2. The highest BCUT2D eigenvalue weighted by molar-refractivity contribution is 7.93. The molecule has 0 aliphatic carbocycles. The molecule has 17 heteroatoms. The first kappa shape index (κ1) is 37.3. The van der Waals surface area contributed by atoms with Gasteiger partial charge in [0.2, 0.25) is 0 Å². The van der Waals surface area contributed by atoms with Gasteiger partial charge in [0, 0.05) is 33.5 Å². The monoisotopic (exact) mass is 754 g/mol. The van der Waals surface area contributed by atoms with Crippen molar-refractivity contribution in [2.24, 2.45) is 0 Å². The molecule has 0 fully saturated rings. The summed E-state index contributed by atoms with van der Waals surface area (Å²) in [6, 6.07) is 21.8. The molecular formula is C35H32F2N4O9S2. The third kappa shape index (κ3) is 7.84. The third-order valence-corrected chi connectivity index (χ3v) is 11.1. The molecule has 0 amide bonds. The predicted molar refractivity (Wildman–Crippen MR) is 190 cm³/mol. The van der Waals surface area contributed by atoms with Gasteiger partial charge in [0.1, 0.15) is 40.3 Å². The number of methoxy groups -OCH3 is 1. The van der Waals surface area contributed by atoms with Crippen LogP contribution in [-0.2, 0) is 42.7 Å². The van der Waals surface area contributed by atoms with Crippen molar-refractivity contribution in [2.45, 2.75) is 36.7 Å². The van der Waals surface area contributed by atoms with Crippen molar-refractivity contribution < 1.29 is 50.2 Å². The Bertz CT molecular complexity index is 2530. The normalized spacial score (nSPS) is 11.6. The summed E-state index contributed by atoms with van der Waals surface area (Å²) in [6.45, 7) is 2.13. The van der Waals surface area contributed by atoms with Crippen LogP contribution in [0.1, 0.15) is 11.4 Å². The fourth-order valence-electron chi connectivity index (χ4n) is 5.78. The highest BCUT2D eigenvalue weighted by Gasteiger charge is 2.28. The van der Waals surface area contributed by atoms with Crippen LogP contribution in [0.3, 0.4) is 0 Å². The second-order valence-electron chi connectivity index (χ2n) is 11.4. The van der Waals surface area contributed by atoms with E-state index in [1.807, 2.05) is 0 Å². The van der Waals surface area contributed by atoms with Crippen molar-refractivity contribution in [1.82, 2.24) is 9.13 Å². The Hall–Kier alpha value is -5.94. The second-order valence-corrected chi connectivity index (χ2v) is 14.7. The number of anilines is 2. The number of benzene rings is 4. The van der Waals surface area contributed by atoms with Gasteiger partial charge in [0.05, 0.1) is 18.1 Å². The lowest BCUT2D eigenvalue weighted by Gasteiger charge is -2.10. The Morgan fingerprint density at radius 2 is 1.06 bits per heavy atom. The maximum absolute atomic E-state index is 13.8. The van der Waals surface area contributed by atoms with Crippen LogP contribution < -0.4 is 14.2 Å². The molecule has 0 saturated heterocycles. The minimum Gasteiger partial charge on any atom is -0.497 e. The molecule has 6 aromatic rings. The molecule has 6 rings (SSSR count). The van der Waals surface area contributed by atoms with E-state index in [-0.39, 0.29) is 32.0 Å². The van der Waals surface area contributed by atoms with Crippen molar-refractivity contribution >= 4 is 65.2 Å². The van der Waals surface area contributed by atoms with Crippen LogP contribution in [0, 0.1) is 25.5 Å². The number of carbonyl (C=O) groups is 2. The first-order valence-corrected chi connectivity index (χ1v) is 18.2. The van der Waals surface area contributed by atoms with Crippen LogP contribution in [0.2, 0.25) is 0 Å². The van der Waals surface area contributed by atoms with E-state index in [4.69, 9.17) is 14.9 Å². The number of hydrogen-bond acceptors (Lipinski definition) is 7. The van der Waals surface area contributed by atoms with Gasteiger partial charge in [-0.3, -0.25) is 19.0 Å². The predicted octanol–water partition coefficient (Wildman–Crippen LogP) is 5.96. The molecule has 4 N–H and O–H groups in total. The minimum atomic E-state index is -4.09. The van der Waals surface area contributed by atoms with E-state index in [0.717, 1.165) is 18.2 Å². The largest absolute Gasteiger partial charge is 0.497 e. The molecule has 2 heterocycles. The summed E-state index contributed by atoms with van der Waals surface area (Å²) in [5.41, 5.74) is 1.76. The number of para-hydroxylation sites is 1. The fraction of sp³-hybridized carbons (Fsp3) is 0.143. The molecule has 0 spiro atoms. The minimum absolute atomic E-state index is 0.120. The Kier molecular flexibility index (Phi) is 10.6. The molecule has 0 bridgehead atoms. The Balaban J connectivity index is 0.000000202. The van der Waals surface area contributed by atoms with Crippen LogP contribution in [0.5, 0.6) is 5.75 Å². The van der Waals surface area contributed by atoms with Gasteiger partial charge in [-0.05, 0) is 86.6 Å². The first-order chi connectivity index (χ1) is 24.5. The highest BCUT2D eigenvalue weighted by Crippen LogP contribution is 2.33. The highest BCUT2D eigenvalue weighted by atomic mass is 32.2. The number of aromatic nitrogens is 2. The summed E-state index contributed by atoms with van der Waals surface area (Å²) < 4.78 is 91.7. The van der Waals surface area contributed by atoms with Crippen molar-refractivity contribution in [3.8, 4) is 5.75 Å². The summed E-state index contributed by atoms with van der Waals surface area (Å²) in [4.78, 5) is 22.0. The average Bonchev–Trinajstić information content (AvgIpc) is 3.50. The van der Waals surface area contributed by atoms with E-state index in [0.29, 0.717) is 28.2 Å². The van der Waals surface area contributed by atoms with Crippen molar-refractivity contribution in [2.75, 3.05) is 16.6 Å². The van der Waals surface area contributed by atoms with Gasteiger partial charge in [-0.2, -0.15) is 0 Å². The SMILES string of the molecule is COc1ccc(NS(=O)(=O)c2c(C)n(CC(=O)O)c3ccc(F)cc23)cc1.Cc1c(S(=O)(=O)Nc2ccccc2)c2cc(F)ccc2n1CC(=O)O. The lowest BCUT2D eigenvalue weighted by atomic mass is 10.2. The Morgan fingerprint density at radius 3 is 1.44 bits per heavy atom. The van der Waals surface area contributed by atoms with E-state index in [9.17, 15) is 35.2 Å². The fourth-order valence-corrected chi connectivity index (χ4v) is 8.78. The molecule has 0 unspecified atom stereocenters. The Labute approximate surface area is 296 Å². The van der Waals surface area contributed by atoms with E-state index < -0.39 is 56.7 Å². The molecule has 0 radical (unpaired) electrons. The summed E-state index contributed by atoms with van der Waals surface area (Å²) >= 11 is 0. The van der Waals surface area contributed by atoms with Gasteiger partial charge in [-0.15, -0.1) is 0 Å². The lowest BCUT2D eigenvalue weighted by Crippen LogP contribution is -2.15. The number of sulfonamides is 2. The number of halogens is 2. The molecule has 52 heavy (non-hydrogen) atoms. The molecule has 13 nitrogen and oxygen atoms in total. The molecule has 4 aromatic carbocycles. The van der Waals surface area contributed by atoms with Crippen LogP contribution in [-0.4, -0.2) is 55.2 Å². The third-order valence-electron chi connectivity index (χ3n) is 7.95. The van der Waals surface area contributed by atoms with Crippen molar-refractivity contribution in [3.05, 3.63) is 114 Å². The molecule has 0 aliphatic heterocycles. The summed E-state index contributed by atoms with van der Waals surface area (Å²) in [6.07, 6.45) is 0. The smallest absolute Gasteiger partial charge is 0.323 e. The molecule has 2 aromatic heterocycles. The first-order valence-electron chi connectivity index (χ1n) is 15.3. The van der Waals surface area contributed by atoms with Gasteiger partial charge in [-0.25, -0.2) is 25.6 Å². The molecule has 0 saturated carbocycles. The van der Waals surface area contributed by atoms with E-state index in [2.05, 4.69) is 9.44 Å². The van der Waals surface area contributed by atoms with Crippen molar-refractivity contribution in [1.29, 1.82) is 0 Å². The number of carboxylic acid groups (broad SMARTS) is 2. The molecular weight excluding hydrogens is 723 g/mol. The maximum atomic E-state index is 13.8. The van der Waals surface area contributed by atoms with Gasteiger partial charge >= 0.3 is 11.9 Å². The number of carboxylic acids is 2. The standard InChI is InChI=1S/C18H17FN2O5S.C17H15FN2O4S/c1-11-18(27(24,25)20-13-4-6-14(26-2)7-5-13)15-9-12(19)3-8-16(15)21(11)10-17(22)23;1-11-17(25(23,24)19-13-5-3-2-4-6-13)14-9-12(18)7-8-15(14)20(11)10-16(21)22/h3-9,20H,10H2,1-2H3,(H,22,23);2-9,19H,10H2,1H3,(H,21,22). The van der Waals surface area contributed by atoms with Gasteiger partial charge in [-0.1, -0.05) is 18.2 Å². The molecule has 0 aliphatic rings. The van der Waals surface area contributed by atoms with Crippen LogP contribution in [0.4, 0.5) is 20.2 Å². The van der Waals surface area contributed by atoms with Gasteiger partial charge < -0.3 is 24.1 Å². The molecule has 0 atom stereocenters. The number of nitrogens with zero attached hydrogens (tertiary/aromatic N) is 2. The summed E-state index contributed by atoms with van der Waals surface area (Å²) in [5.74, 6) is -2.91. The van der Waals surface area contributed by atoms with Crippen LogP contribution in [0.15, 0.2) is 101 Å². The maximum Gasteiger partial charge on any atom is 0.323 e. The Morgan fingerprint density at radius 1 is 0.654 bits per heavy atom. The topological polar surface area (TPSA) is 186 Å². The zero-order valence-corrected chi connectivity index (χ0v) is 29.4. The van der Waals surface area contributed by atoms with Crippen LogP contribution >= 0.6 is 0 Å². The van der Waals surface area contributed by atoms with Crippen molar-refractivity contribution in [3.63, 3.8) is 0 Å². The second kappa shape index (κ2) is 14.7. The number of fused-ring (bicyclic) bond motifs is 2. The zero-order chi connectivity index (χ0) is 38.0. The van der Waals surface area contributed by atoms with E-state index in [1.165, 1.54) is 60.4 Å². The van der Waals surface area contributed by atoms with Gasteiger partial charge in [0.25, 0.3) is 20.0 Å². The van der Waals surface area contributed by atoms with Gasteiger partial charge in [0.15, 0.2) is 0 Å². The molecule has 272 valence electrons.